The van der Waals surface area contributed by atoms with E-state index in [1.807, 2.05) is 12.1 Å². The first-order valence-corrected chi connectivity index (χ1v) is 8.00. The fourth-order valence-corrected chi connectivity index (χ4v) is 3.07. The summed E-state index contributed by atoms with van der Waals surface area (Å²) in [6.07, 6.45) is 2.30. The Morgan fingerprint density at radius 1 is 1.23 bits per heavy atom. The largest absolute Gasteiger partial charge is 0.473 e. The maximum atomic E-state index is 6.10. The van der Waals surface area contributed by atoms with E-state index in [2.05, 4.69) is 41.3 Å². The van der Waals surface area contributed by atoms with Crippen LogP contribution in [0.1, 0.15) is 24.0 Å². The minimum absolute atomic E-state index is 0.144. The van der Waals surface area contributed by atoms with Gasteiger partial charge in [0, 0.05) is 18.2 Å². The molecule has 1 aliphatic heterocycles. The zero-order valence-corrected chi connectivity index (χ0v) is 13.7. The van der Waals surface area contributed by atoms with E-state index in [0.717, 1.165) is 37.2 Å². The quantitative estimate of drug-likeness (QED) is 0.880. The van der Waals surface area contributed by atoms with E-state index in [1.54, 1.807) is 0 Å². The maximum Gasteiger partial charge on any atom is 0.226 e. The van der Waals surface area contributed by atoms with E-state index in [9.17, 15) is 0 Å². The fraction of sp³-hybridized carbons (Fsp3) is 0.412. The van der Waals surface area contributed by atoms with Crippen LogP contribution >= 0.6 is 11.6 Å². The third-order valence-corrected chi connectivity index (χ3v) is 4.12. The van der Waals surface area contributed by atoms with Crippen molar-refractivity contribution in [2.75, 3.05) is 13.1 Å². The molecule has 0 bridgehead atoms. The van der Waals surface area contributed by atoms with Crippen LogP contribution in [0.15, 0.2) is 24.3 Å². The van der Waals surface area contributed by atoms with E-state index in [0.29, 0.717) is 5.88 Å². The first-order valence-electron chi connectivity index (χ1n) is 7.62. The van der Waals surface area contributed by atoms with Crippen LogP contribution in [0.3, 0.4) is 0 Å². The van der Waals surface area contributed by atoms with Crippen LogP contribution in [0.25, 0.3) is 11.3 Å². The Kier molecular flexibility index (Phi) is 4.60. The third kappa shape index (κ3) is 3.39. The van der Waals surface area contributed by atoms with Crippen molar-refractivity contribution in [1.82, 2.24) is 15.3 Å². The van der Waals surface area contributed by atoms with Crippen molar-refractivity contribution in [2.45, 2.75) is 32.8 Å². The molecule has 116 valence electrons. The average molecular weight is 318 g/mol. The molecule has 1 saturated heterocycles. The molecule has 2 aromatic rings. The molecule has 1 fully saturated rings. The summed E-state index contributed by atoms with van der Waals surface area (Å²) in [6, 6.07) is 8.08. The number of aryl methyl sites for hydroxylation is 2. The number of ether oxygens (including phenoxy) is 1. The van der Waals surface area contributed by atoms with Crippen LogP contribution < -0.4 is 10.1 Å². The van der Waals surface area contributed by atoms with Gasteiger partial charge in [0.1, 0.15) is 6.10 Å². The smallest absolute Gasteiger partial charge is 0.226 e. The van der Waals surface area contributed by atoms with Gasteiger partial charge in [-0.15, -0.1) is 0 Å². The number of rotatable bonds is 3. The lowest BCUT2D eigenvalue weighted by molar-refractivity contribution is 0.160. The van der Waals surface area contributed by atoms with Gasteiger partial charge in [-0.1, -0.05) is 18.2 Å². The first-order chi connectivity index (χ1) is 10.6. The van der Waals surface area contributed by atoms with E-state index < -0.39 is 0 Å². The number of nitrogens with one attached hydrogen (secondary N) is 1. The molecule has 3 rings (SSSR count). The van der Waals surface area contributed by atoms with Crippen molar-refractivity contribution in [3.8, 4) is 17.1 Å². The average Bonchev–Trinajstić information content (AvgIpc) is 2.47. The lowest BCUT2D eigenvalue weighted by atomic mass is 10.00. The number of piperidine rings is 1. The van der Waals surface area contributed by atoms with Crippen molar-refractivity contribution < 1.29 is 4.74 Å². The highest BCUT2D eigenvalue weighted by Gasteiger charge is 2.17. The highest BCUT2D eigenvalue weighted by atomic mass is 35.5. The molecule has 1 unspecified atom stereocenters. The fourth-order valence-electron chi connectivity index (χ4n) is 2.89. The lowest BCUT2D eigenvalue weighted by Gasteiger charge is -2.23. The lowest BCUT2D eigenvalue weighted by Crippen LogP contribution is -2.37. The number of nitrogens with zero attached hydrogens (tertiary/aromatic N) is 2. The first kappa shape index (κ1) is 15.3. The topological polar surface area (TPSA) is 47.0 Å². The normalized spacial score (nSPS) is 18.2. The number of aromatic nitrogens is 2. The highest BCUT2D eigenvalue weighted by molar-refractivity contribution is 6.28. The molecule has 5 heteroatoms. The summed E-state index contributed by atoms with van der Waals surface area (Å²) in [7, 11) is 0. The minimum atomic E-state index is 0.144. The Morgan fingerprint density at radius 2 is 2.00 bits per heavy atom. The van der Waals surface area contributed by atoms with Crippen molar-refractivity contribution in [2.24, 2.45) is 0 Å². The van der Waals surface area contributed by atoms with Gasteiger partial charge in [0.05, 0.1) is 5.69 Å². The molecule has 1 aromatic carbocycles. The van der Waals surface area contributed by atoms with Gasteiger partial charge in [-0.25, -0.2) is 4.98 Å². The van der Waals surface area contributed by atoms with Crippen molar-refractivity contribution in [1.29, 1.82) is 0 Å². The van der Waals surface area contributed by atoms with Gasteiger partial charge in [0.2, 0.25) is 11.2 Å². The van der Waals surface area contributed by atoms with Gasteiger partial charge in [-0.2, -0.15) is 4.98 Å². The molecule has 1 atom stereocenters. The molecule has 0 aliphatic carbocycles. The van der Waals surface area contributed by atoms with Gasteiger partial charge in [0.25, 0.3) is 0 Å². The van der Waals surface area contributed by atoms with Crippen LogP contribution in [0, 0.1) is 13.8 Å². The van der Waals surface area contributed by atoms with E-state index in [4.69, 9.17) is 16.3 Å². The predicted molar refractivity (Wildman–Crippen MR) is 88.5 cm³/mol. The molecule has 0 amide bonds. The summed E-state index contributed by atoms with van der Waals surface area (Å²) in [4.78, 5) is 8.59. The summed E-state index contributed by atoms with van der Waals surface area (Å²) in [5.41, 5.74) is 4.24. The highest BCUT2D eigenvalue weighted by Crippen LogP contribution is 2.29. The third-order valence-electron chi connectivity index (χ3n) is 3.95. The van der Waals surface area contributed by atoms with Gasteiger partial charge in [-0.3, -0.25) is 0 Å². The summed E-state index contributed by atoms with van der Waals surface area (Å²) >= 11 is 6.10. The van der Waals surface area contributed by atoms with E-state index >= 15 is 0 Å². The Morgan fingerprint density at radius 3 is 2.68 bits per heavy atom. The number of hydrogen-bond donors (Lipinski definition) is 1. The molecule has 4 nitrogen and oxygen atoms in total. The molecule has 2 heterocycles. The van der Waals surface area contributed by atoms with E-state index in [1.165, 1.54) is 11.1 Å². The van der Waals surface area contributed by atoms with Crippen LogP contribution in [0.2, 0.25) is 5.28 Å². The molecule has 1 aliphatic rings. The van der Waals surface area contributed by atoms with Gasteiger partial charge < -0.3 is 10.1 Å². The summed E-state index contributed by atoms with van der Waals surface area (Å²) < 4.78 is 5.98. The van der Waals surface area contributed by atoms with Crippen LogP contribution in [-0.2, 0) is 0 Å². The number of halogens is 1. The Balaban J connectivity index is 1.92. The minimum Gasteiger partial charge on any atom is -0.473 e. The predicted octanol–water partition coefficient (Wildman–Crippen LogP) is 3.54. The Bertz CT molecular complexity index is 649. The second kappa shape index (κ2) is 6.63. The van der Waals surface area contributed by atoms with Crippen LogP contribution in [0.5, 0.6) is 5.88 Å². The van der Waals surface area contributed by atoms with Gasteiger partial charge in [-0.05, 0) is 56.0 Å². The summed E-state index contributed by atoms with van der Waals surface area (Å²) in [5, 5.41) is 3.55. The molecular weight excluding hydrogens is 298 g/mol. The summed E-state index contributed by atoms with van der Waals surface area (Å²) in [6.45, 7) is 6.05. The second-order valence-corrected chi connectivity index (χ2v) is 6.05. The monoisotopic (exact) mass is 317 g/mol. The second-order valence-electron chi connectivity index (χ2n) is 5.71. The van der Waals surface area contributed by atoms with Crippen molar-refractivity contribution in [3.05, 3.63) is 40.7 Å². The van der Waals surface area contributed by atoms with Crippen molar-refractivity contribution in [3.63, 3.8) is 0 Å². The number of hydrogen-bond acceptors (Lipinski definition) is 4. The SMILES string of the molecule is Cc1cccc(C)c1-c1cc(OC2CCCNC2)nc(Cl)n1. The van der Waals surface area contributed by atoms with Crippen LogP contribution in [-0.4, -0.2) is 29.2 Å². The molecule has 0 radical (unpaired) electrons. The molecule has 1 aromatic heterocycles. The van der Waals surface area contributed by atoms with E-state index in [-0.39, 0.29) is 11.4 Å². The summed E-state index contributed by atoms with van der Waals surface area (Å²) in [5.74, 6) is 0.548. The zero-order valence-electron chi connectivity index (χ0n) is 12.9. The van der Waals surface area contributed by atoms with Gasteiger partial charge >= 0.3 is 0 Å². The van der Waals surface area contributed by atoms with Crippen LogP contribution in [0.4, 0.5) is 0 Å². The Labute approximate surface area is 135 Å². The molecule has 1 N–H and O–H groups in total. The van der Waals surface area contributed by atoms with Gasteiger partial charge in [0.15, 0.2) is 0 Å². The standard InChI is InChI=1S/C17H20ClN3O/c1-11-5-3-6-12(2)16(11)14-9-15(21-17(18)20-14)22-13-7-4-8-19-10-13/h3,5-6,9,13,19H,4,7-8,10H2,1-2H3. The molecule has 22 heavy (non-hydrogen) atoms. The van der Waals surface area contributed by atoms with Crippen molar-refractivity contribution >= 4 is 11.6 Å². The maximum absolute atomic E-state index is 6.10. The Hall–Kier alpha value is -1.65. The number of benzene rings is 1. The molecule has 0 spiro atoms. The molecule has 0 saturated carbocycles. The molecular formula is C17H20ClN3O. The zero-order chi connectivity index (χ0) is 15.5.